The lowest BCUT2D eigenvalue weighted by Crippen LogP contribution is -2.63. The third-order valence-electron chi connectivity index (χ3n) is 4.65. The second-order valence-electron chi connectivity index (χ2n) is 7.53. The number of ether oxygens (including phenoxy) is 7. The van der Waals surface area contributed by atoms with E-state index in [4.69, 9.17) is 33.2 Å². The molecular formula is C23H26BrFO11. The minimum atomic E-state index is -1.44. The topological polar surface area (TPSA) is 133 Å². The number of benzene rings is 1. The van der Waals surface area contributed by atoms with E-state index in [1.807, 2.05) is 0 Å². The van der Waals surface area contributed by atoms with E-state index in [1.165, 1.54) is 38.3 Å². The van der Waals surface area contributed by atoms with Crippen LogP contribution in [0.15, 0.2) is 22.9 Å². The number of carbonyl (C=O) groups is 4. The number of halogens is 2. The molecule has 0 bridgehead atoms. The second kappa shape index (κ2) is 13.2. The highest BCUT2D eigenvalue weighted by molar-refractivity contribution is 9.11. The summed E-state index contributed by atoms with van der Waals surface area (Å²) in [6.45, 7) is 4.11. The van der Waals surface area contributed by atoms with Crippen molar-refractivity contribution in [1.29, 1.82) is 0 Å². The Balaban J connectivity index is 2.52. The molecule has 1 aliphatic rings. The molecule has 0 saturated carbocycles. The molecule has 1 saturated heterocycles. The smallest absolute Gasteiger partial charge is 0.303 e. The predicted molar refractivity (Wildman–Crippen MR) is 124 cm³/mol. The first-order valence-electron chi connectivity index (χ1n) is 10.6. The number of methoxy groups -OCH3 is 1. The van der Waals surface area contributed by atoms with Gasteiger partial charge in [0.2, 0.25) is 12.4 Å². The Hall–Kier alpha value is -3.19. The second-order valence-corrected chi connectivity index (χ2v) is 8.29. The first kappa shape index (κ1) is 29.0. The van der Waals surface area contributed by atoms with E-state index in [2.05, 4.69) is 15.9 Å². The molecule has 5 atom stereocenters. The molecule has 36 heavy (non-hydrogen) atoms. The molecule has 1 aromatic carbocycles. The van der Waals surface area contributed by atoms with Crippen molar-refractivity contribution in [2.75, 3.05) is 13.7 Å². The number of rotatable bonds is 9. The number of hydrogen-bond donors (Lipinski definition) is 0. The molecule has 0 aliphatic carbocycles. The van der Waals surface area contributed by atoms with Gasteiger partial charge in [0.1, 0.15) is 12.7 Å². The van der Waals surface area contributed by atoms with E-state index in [0.29, 0.717) is 5.56 Å². The minimum absolute atomic E-state index is 0.102. The molecule has 1 aromatic rings. The largest absolute Gasteiger partial charge is 0.493 e. The zero-order valence-corrected chi connectivity index (χ0v) is 21.7. The van der Waals surface area contributed by atoms with E-state index < -0.39 is 65.9 Å². The summed E-state index contributed by atoms with van der Waals surface area (Å²) in [5.41, 5.74) is 0.440. The van der Waals surface area contributed by atoms with Gasteiger partial charge < -0.3 is 33.2 Å². The fourth-order valence-electron chi connectivity index (χ4n) is 3.41. The summed E-state index contributed by atoms with van der Waals surface area (Å²) in [5, 5.41) is 0. The lowest BCUT2D eigenvalue weighted by atomic mass is 9.98. The Kier molecular flexibility index (Phi) is 10.7. The number of hydrogen-bond acceptors (Lipinski definition) is 11. The van der Waals surface area contributed by atoms with Crippen LogP contribution in [0.1, 0.15) is 33.3 Å². The third-order valence-corrected chi connectivity index (χ3v) is 4.88. The Morgan fingerprint density at radius 2 is 1.50 bits per heavy atom. The van der Waals surface area contributed by atoms with E-state index in [-0.39, 0.29) is 11.5 Å². The Bertz CT molecular complexity index is 1010. The van der Waals surface area contributed by atoms with Crippen LogP contribution in [0, 0.1) is 0 Å². The zero-order chi connectivity index (χ0) is 27.0. The van der Waals surface area contributed by atoms with Crippen molar-refractivity contribution in [2.45, 2.75) is 58.4 Å². The molecular weight excluding hydrogens is 551 g/mol. The van der Waals surface area contributed by atoms with Crippen LogP contribution in [-0.2, 0) is 42.9 Å². The van der Waals surface area contributed by atoms with Crippen molar-refractivity contribution in [3.63, 3.8) is 0 Å². The highest BCUT2D eigenvalue weighted by Crippen LogP contribution is 2.35. The van der Waals surface area contributed by atoms with Crippen LogP contribution in [0.2, 0.25) is 0 Å². The molecule has 1 fully saturated rings. The fraction of sp³-hybridized carbons (Fsp3) is 0.478. The molecule has 2 rings (SSSR count). The summed E-state index contributed by atoms with van der Waals surface area (Å²) < 4.78 is 50.8. The molecule has 0 unspecified atom stereocenters. The van der Waals surface area contributed by atoms with Crippen LogP contribution >= 0.6 is 15.9 Å². The summed E-state index contributed by atoms with van der Waals surface area (Å²) in [7, 11) is 1.35. The first-order valence-corrected chi connectivity index (χ1v) is 11.4. The zero-order valence-electron chi connectivity index (χ0n) is 20.1. The first-order chi connectivity index (χ1) is 16.9. The van der Waals surface area contributed by atoms with Gasteiger partial charge in [0.15, 0.2) is 28.4 Å². The molecule has 11 nitrogen and oxygen atoms in total. The summed E-state index contributed by atoms with van der Waals surface area (Å²) in [6.07, 6.45) is -5.52. The highest BCUT2D eigenvalue weighted by atomic mass is 79.9. The lowest BCUT2D eigenvalue weighted by molar-refractivity contribution is -0.288. The Morgan fingerprint density at radius 3 is 2.03 bits per heavy atom. The maximum absolute atomic E-state index is 13.2. The molecule has 13 heteroatoms. The van der Waals surface area contributed by atoms with Gasteiger partial charge in [-0.05, 0) is 39.7 Å². The van der Waals surface area contributed by atoms with E-state index in [9.17, 15) is 23.6 Å². The fourth-order valence-corrected chi connectivity index (χ4v) is 3.67. The summed E-state index contributed by atoms with van der Waals surface area (Å²) >= 11 is 2.71. The van der Waals surface area contributed by atoms with Crippen molar-refractivity contribution < 1.29 is 56.7 Å². The molecule has 0 N–H and O–H groups in total. The van der Waals surface area contributed by atoms with Crippen LogP contribution in [0.5, 0.6) is 11.5 Å². The van der Waals surface area contributed by atoms with Crippen LogP contribution in [0.25, 0.3) is 6.08 Å². The van der Waals surface area contributed by atoms with Gasteiger partial charge in [-0.15, -0.1) is 0 Å². The van der Waals surface area contributed by atoms with Crippen molar-refractivity contribution in [3.05, 3.63) is 28.5 Å². The van der Waals surface area contributed by atoms with Gasteiger partial charge in [0, 0.05) is 27.7 Å². The van der Waals surface area contributed by atoms with Gasteiger partial charge in [-0.25, -0.2) is 0 Å². The van der Waals surface area contributed by atoms with Gasteiger partial charge in [0.05, 0.1) is 7.11 Å². The molecule has 0 aromatic heterocycles. The Morgan fingerprint density at radius 1 is 0.917 bits per heavy atom. The van der Waals surface area contributed by atoms with Crippen molar-refractivity contribution in [2.24, 2.45) is 0 Å². The monoisotopic (exact) mass is 576 g/mol. The normalized spacial score (nSPS) is 23.8. The predicted octanol–water partition coefficient (Wildman–Crippen LogP) is 2.82. The van der Waals surface area contributed by atoms with Gasteiger partial charge in [-0.3, -0.25) is 19.2 Å². The van der Waals surface area contributed by atoms with Crippen LogP contribution in [0.4, 0.5) is 4.39 Å². The average molecular weight is 577 g/mol. The van der Waals surface area contributed by atoms with Crippen LogP contribution in [0.3, 0.4) is 0 Å². The van der Waals surface area contributed by atoms with Gasteiger partial charge in [-0.2, -0.15) is 4.39 Å². The standard InChI is InChI=1S/C23H26BrFO11/c1-11(26)31-10-18-20(32-12(2)27)21(33-13(3)28)22(34-14(4)29)23(36-18)35-16-7-6-15(9-19(24)25)8-17(16)30-5/h6-9,18,20-23H,10H2,1-5H3/b19-9-/t18-,20-,21+,22-,23-/m1/s1. The van der Waals surface area contributed by atoms with Crippen LogP contribution < -0.4 is 9.47 Å². The summed E-state index contributed by atoms with van der Waals surface area (Å²) in [6, 6.07) is 4.44. The van der Waals surface area contributed by atoms with E-state index in [1.54, 1.807) is 0 Å². The molecule has 0 radical (unpaired) electrons. The van der Waals surface area contributed by atoms with Gasteiger partial charge in [0.25, 0.3) is 0 Å². The molecule has 198 valence electrons. The number of carbonyl (C=O) groups excluding carboxylic acids is 4. The number of esters is 4. The molecule has 0 amide bonds. The molecule has 0 spiro atoms. The minimum Gasteiger partial charge on any atom is -0.493 e. The lowest BCUT2D eigenvalue weighted by Gasteiger charge is -2.44. The highest BCUT2D eigenvalue weighted by Gasteiger charge is 2.53. The quantitative estimate of drug-likeness (QED) is 0.317. The van der Waals surface area contributed by atoms with E-state index in [0.717, 1.165) is 20.8 Å². The Labute approximate surface area is 214 Å². The summed E-state index contributed by atoms with van der Waals surface area (Å²) in [5.74, 6) is -2.66. The maximum Gasteiger partial charge on any atom is 0.303 e. The van der Waals surface area contributed by atoms with Crippen molar-refractivity contribution >= 4 is 45.9 Å². The maximum atomic E-state index is 13.2. The molecule has 1 aliphatic heterocycles. The van der Waals surface area contributed by atoms with Crippen molar-refractivity contribution in [1.82, 2.24) is 0 Å². The van der Waals surface area contributed by atoms with Gasteiger partial charge in [-0.1, -0.05) is 6.07 Å². The van der Waals surface area contributed by atoms with Crippen molar-refractivity contribution in [3.8, 4) is 11.5 Å². The van der Waals surface area contributed by atoms with Crippen LogP contribution in [-0.4, -0.2) is 68.3 Å². The molecule has 1 heterocycles. The third kappa shape index (κ3) is 8.48. The average Bonchev–Trinajstić information content (AvgIpc) is 2.76. The van der Waals surface area contributed by atoms with E-state index >= 15 is 0 Å². The SMILES string of the molecule is COc1cc(/C=C(\F)Br)ccc1O[C@@H]1O[C@H](COC(C)=O)[C@@H](OC(C)=O)[C@H](OC(C)=O)[C@H]1OC(C)=O. The summed E-state index contributed by atoms with van der Waals surface area (Å²) in [4.78, 5) is 47.1. The van der Waals surface area contributed by atoms with Gasteiger partial charge >= 0.3 is 23.9 Å².